The van der Waals surface area contributed by atoms with Crippen molar-refractivity contribution >= 4 is 17.4 Å². The van der Waals surface area contributed by atoms with Crippen LogP contribution in [0.3, 0.4) is 0 Å². The van der Waals surface area contributed by atoms with E-state index in [2.05, 4.69) is 24.1 Å². The number of carbonyl (C=O) groups excluding carboxylic acids is 1. The summed E-state index contributed by atoms with van der Waals surface area (Å²) in [7, 11) is 1.72. The van der Waals surface area contributed by atoms with E-state index in [-0.39, 0.29) is 12.1 Å². The molecule has 0 unspecified atom stereocenters. The average molecular weight is 311 g/mol. The number of rotatable bonds is 5. The fourth-order valence-corrected chi connectivity index (χ4v) is 3.40. The summed E-state index contributed by atoms with van der Waals surface area (Å²) in [5.74, 6) is 0.516. The van der Waals surface area contributed by atoms with Crippen LogP contribution < -0.4 is 5.32 Å². The summed E-state index contributed by atoms with van der Waals surface area (Å²) >= 11 is 1.73. The van der Waals surface area contributed by atoms with Crippen LogP contribution in [0.15, 0.2) is 6.20 Å². The number of hydrogen-bond acceptors (Lipinski definition) is 4. The first-order chi connectivity index (χ1) is 10.1. The molecule has 21 heavy (non-hydrogen) atoms. The Labute approximate surface area is 130 Å². The van der Waals surface area contributed by atoms with E-state index in [1.165, 1.54) is 4.88 Å². The Hall–Kier alpha value is -1.14. The van der Waals surface area contributed by atoms with Crippen LogP contribution in [0.5, 0.6) is 0 Å². The standard InChI is InChI=1S/C15H25N3O2S/c1-4-12-9-17-14(21-12)5-7-16-15(19)18-8-6-11(2)13(10-18)20-3/h9,11,13H,4-8,10H2,1-3H3,(H,16,19)/t11-,13+/m1/s1. The zero-order chi connectivity index (χ0) is 15.2. The van der Waals surface area contributed by atoms with Crippen molar-refractivity contribution in [3.05, 3.63) is 16.1 Å². The predicted octanol–water partition coefficient (Wildman–Crippen LogP) is 2.31. The Kier molecular flexibility index (Phi) is 5.99. The number of aromatic nitrogens is 1. The number of likely N-dealkylation sites (tertiary alicyclic amines) is 1. The zero-order valence-corrected chi connectivity index (χ0v) is 13.9. The van der Waals surface area contributed by atoms with Crippen molar-refractivity contribution in [3.8, 4) is 0 Å². The molecule has 6 heteroatoms. The molecule has 2 rings (SSSR count). The van der Waals surface area contributed by atoms with Crippen LogP contribution in [-0.2, 0) is 17.6 Å². The fraction of sp³-hybridized carbons (Fsp3) is 0.733. The molecule has 5 nitrogen and oxygen atoms in total. The maximum absolute atomic E-state index is 12.2. The molecule has 0 bridgehead atoms. The minimum absolute atomic E-state index is 0.0104. The number of nitrogens with zero attached hydrogens (tertiary/aromatic N) is 2. The highest BCUT2D eigenvalue weighted by molar-refractivity contribution is 7.11. The van der Waals surface area contributed by atoms with Crippen LogP contribution in [0.1, 0.15) is 30.2 Å². The van der Waals surface area contributed by atoms with Crippen molar-refractivity contribution in [1.29, 1.82) is 0 Å². The van der Waals surface area contributed by atoms with Gasteiger partial charge < -0.3 is 15.0 Å². The largest absolute Gasteiger partial charge is 0.379 e. The number of thiazole rings is 1. The monoisotopic (exact) mass is 311 g/mol. The summed E-state index contributed by atoms with van der Waals surface area (Å²) in [6.07, 6.45) is 4.90. The molecular formula is C15H25N3O2S. The van der Waals surface area contributed by atoms with E-state index in [1.54, 1.807) is 18.4 Å². The van der Waals surface area contributed by atoms with Crippen molar-refractivity contribution in [2.24, 2.45) is 5.92 Å². The summed E-state index contributed by atoms with van der Waals surface area (Å²) in [6.45, 7) is 6.43. The Morgan fingerprint density at radius 2 is 2.43 bits per heavy atom. The number of urea groups is 1. The van der Waals surface area contributed by atoms with Gasteiger partial charge in [-0.15, -0.1) is 11.3 Å². The molecule has 1 aromatic heterocycles. The minimum Gasteiger partial charge on any atom is -0.379 e. The van der Waals surface area contributed by atoms with E-state index >= 15 is 0 Å². The number of hydrogen-bond donors (Lipinski definition) is 1. The van der Waals surface area contributed by atoms with Gasteiger partial charge in [0.25, 0.3) is 0 Å². The van der Waals surface area contributed by atoms with Crippen LogP contribution in [0.25, 0.3) is 0 Å². The van der Waals surface area contributed by atoms with Crippen molar-refractivity contribution in [3.63, 3.8) is 0 Å². The molecule has 0 aliphatic carbocycles. The molecule has 118 valence electrons. The van der Waals surface area contributed by atoms with E-state index in [1.807, 2.05) is 11.1 Å². The van der Waals surface area contributed by atoms with Crippen LogP contribution in [0.4, 0.5) is 4.79 Å². The molecule has 1 fully saturated rings. The lowest BCUT2D eigenvalue weighted by Crippen LogP contribution is -2.50. The first kappa shape index (κ1) is 16.2. The highest BCUT2D eigenvalue weighted by atomic mass is 32.1. The normalized spacial score (nSPS) is 22.3. The van der Waals surface area contributed by atoms with Crippen molar-refractivity contribution in [1.82, 2.24) is 15.2 Å². The SMILES string of the molecule is CCc1cnc(CCNC(=O)N2CC[C@@H](C)[C@@H](OC)C2)s1. The molecule has 1 aromatic rings. The number of piperidine rings is 1. The maximum atomic E-state index is 12.2. The highest BCUT2D eigenvalue weighted by Crippen LogP contribution is 2.19. The van der Waals surface area contributed by atoms with Crippen LogP contribution in [0, 0.1) is 5.92 Å². The molecule has 2 heterocycles. The molecule has 0 radical (unpaired) electrons. The summed E-state index contributed by atoms with van der Waals surface area (Å²) < 4.78 is 5.44. The second-order valence-corrected chi connectivity index (χ2v) is 6.74. The lowest BCUT2D eigenvalue weighted by Gasteiger charge is -2.36. The van der Waals surface area contributed by atoms with Crippen LogP contribution >= 0.6 is 11.3 Å². The molecule has 1 saturated heterocycles. The van der Waals surface area contributed by atoms with Gasteiger partial charge in [0.05, 0.1) is 11.1 Å². The molecule has 0 spiro atoms. The number of ether oxygens (including phenoxy) is 1. The number of aryl methyl sites for hydroxylation is 1. The second kappa shape index (κ2) is 7.75. The molecule has 0 saturated carbocycles. The summed E-state index contributed by atoms with van der Waals surface area (Å²) in [6, 6.07) is 0.0104. The molecule has 1 aliphatic rings. The van der Waals surface area contributed by atoms with Crippen LogP contribution in [0.2, 0.25) is 0 Å². The quantitative estimate of drug-likeness (QED) is 0.908. The topological polar surface area (TPSA) is 54.5 Å². The lowest BCUT2D eigenvalue weighted by molar-refractivity contribution is 0.00722. The van der Waals surface area contributed by atoms with Crippen molar-refractivity contribution in [2.45, 2.75) is 39.2 Å². The third-order valence-corrected chi connectivity index (χ3v) is 5.25. The van der Waals surface area contributed by atoms with E-state index < -0.39 is 0 Å². The Balaban J connectivity index is 1.74. The molecule has 2 amide bonds. The number of amides is 2. The van der Waals surface area contributed by atoms with Gasteiger partial charge in [0.15, 0.2) is 0 Å². The van der Waals surface area contributed by atoms with Crippen molar-refractivity contribution in [2.75, 3.05) is 26.7 Å². The summed E-state index contributed by atoms with van der Waals surface area (Å²) in [5.41, 5.74) is 0. The lowest BCUT2D eigenvalue weighted by atomic mass is 9.96. The first-order valence-corrected chi connectivity index (χ1v) is 8.44. The minimum atomic E-state index is 0.0104. The third kappa shape index (κ3) is 4.41. The van der Waals surface area contributed by atoms with Gasteiger partial charge >= 0.3 is 6.03 Å². The van der Waals surface area contributed by atoms with Gasteiger partial charge in [0.1, 0.15) is 0 Å². The summed E-state index contributed by atoms with van der Waals surface area (Å²) in [4.78, 5) is 19.7. The van der Waals surface area contributed by atoms with Gasteiger partial charge in [-0.05, 0) is 18.8 Å². The average Bonchev–Trinajstić information content (AvgIpc) is 2.95. The van der Waals surface area contributed by atoms with Gasteiger partial charge in [0, 0.05) is 44.2 Å². The maximum Gasteiger partial charge on any atom is 0.317 e. The first-order valence-electron chi connectivity index (χ1n) is 7.63. The van der Waals surface area contributed by atoms with Crippen molar-refractivity contribution < 1.29 is 9.53 Å². The predicted molar refractivity (Wildman–Crippen MR) is 84.7 cm³/mol. The van der Waals surface area contributed by atoms with E-state index in [0.717, 1.165) is 30.8 Å². The van der Waals surface area contributed by atoms with Crippen LogP contribution in [-0.4, -0.2) is 48.8 Å². The second-order valence-electron chi connectivity index (χ2n) is 5.54. The van der Waals surface area contributed by atoms with Gasteiger partial charge in [-0.1, -0.05) is 13.8 Å². The number of methoxy groups -OCH3 is 1. The third-order valence-electron chi connectivity index (χ3n) is 4.04. The van der Waals surface area contributed by atoms with E-state index in [0.29, 0.717) is 19.0 Å². The molecule has 1 aliphatic heterocycles. The van der Waals surface area contributed by atoms with Gasteiger partial charge in [0.2, 0.25) is 0 Å². The highest BCUT2D eigenvalue weighted by Gasteiger charge is 2.28. The smallest absolute Gasteiger partial charge is 0.317 e. The molecular weight excluding hydrogens is 286 g/mol. The Morgan fingerprint density at radius 3 is 3.10 bits per heavy atom. The summed E-state index contributed by atoms with van der Waals surface area (Å²) in [5, 5.41) is 4.08. The fourth-order valence-electron chi connectivity index (χ4n) is 2.54. The molecule has 1 N–H and O–H groups in total. The van der Waals surface area contributed by atoms with E-state index in [4.69, 9.17) is 4.74 Å². The van der Waals surface area contributed by atoms with Gasteiger partial charge in [-0.3, -0.25) is 0 Å². The number of nitrogens with one attached hydrogen (secondary N) is 1. The van der Waals surface area contributed by atoms with Gasteiger partial charge in [-0.25, -0.2) is 9.78 Å². The van der Waals surface area contributed by atoms with E-state index in [9.17, 15) is 4.79 Å². The molecule has 0 aromatic carbocycles. The Morgan fingerprint density at radius 1 is 1.62 bits per heavy atom. The number of carbonyl (C=O) groups is 1. The molecule has 2 atom stereocenters. The van der Waals surface area contributed by atoms with Gasteiger partial charge in [-0.2, -0.15) is 0 Å². The Bertz CT molecular complexity index is 464. The zero-order valence-electron chi connectivity index (χ0n) is 13.1.